The van der Waals surface area contributed by atoms with Crippen molar-refractivity contribution in [2.45, 2.75) is 39.0 Å². The molecule has 0 spiro atoms. The van der Waals surface area contributed by atoms with E-state index in [1.165, 1.54) is 0 Å². The van der Waals surface area contributed by atoms with Crippen molar-refractivity contribution in [3.63, 3.8) is 0 Å². The van der Waals surface area contributed by atoms with Crippen LogP contribution in [0, 0.1) is 0 Å². The molecule has 3 atom stereocenters. The lowest BCUT2D eigenvalue weighted by atomic mass is 10.1. The van der Waals surface area contributed by atoms with Crippen LogP contribution in [0.4, 0.5) is 0 Å². The van der Waals surface area contributed by atoms with Gasteiger partial charge in [0.25, 0.3) is 0 Å². The van der Waals surface area contributed by atoms with Crippen LogP contribution in [0.25, 0.3) is 0 Å². The van der Waals surface area contributed by atoms with Gasteiger partial charge in [-0.2, -0.15) is 0 Å². The first-order chi connectivity index (χ1) is 9.60. The van der Waals surface area contributed by atoms with E-state index < -0.39 is 0 Å². The van der Waals surface area contributed by atoms with Gasteiger partial charge in [-0.3, -0.25) is 4.90 Å². The number of benzene rings is 1. The minimum absolute atomic E-state index is 0.0322. The van der Waals surface area contributed by atoms with Gasteiger partial charge < -0.3 is 15.2 Å². The summed E-state index contributed by atoms with van der Waals surface area (Å²) in [4.78, 5) is 2.38. The lowest BCUT2D eigenvalue weighted by Crippen LogP contribution is -2.47. The first-order valence-electron chi connectivity index (χ1n) is 7.45. The standard InChI is InChI=1S/C16H26N2O2/c1-4-19-16-8-6-5-7-14(16)15(17)11-18-9-12(2)20-13(3)10-18/h5-8,12-13,15H,4,9-11,17H2,1-3H3. The van der Waals surface area contributed by atoms with Crippen LogP contribution in [-0.4, -0.2) is 43.3 Å². The fraction of sp³-hybridized carbons (Fsp3) is 0.625. The molecular formula is C16H26N2O2. The summed E-state index contributed by atoms with van der Waals surface area (Å²) in [5.41, 5.74) is 7.47. The Morgan fingerprint density at radius 3 is 2.60 bits per heavy atom. The second-order valence-electron chi connectivity index (χ2n) is 5.55. The van der Waals surface area contributed by atoms with E-state index in [0.717, 1.165) is 30.9 Å². The van der Waals surface area contributed by atoms with Crippen LogP contribution in [0.3, 0.4) is 0 Å². The molecule has 20 heavy (non-hydrogen) atoms. The number of nitrogens with two attached hydrogens (primary N) is 1. The van der Waals surface area contributed by atoms with Crippen molar-refractivity contribution in [2.24, 2.45) is 5.73 Å². The lowest BCUT2D eigenvalue weighted by Gasteiger charge is -2.36. The molecule has 0 bridgehead atoms. The van der Waals surface area contributed by atoms with Crippen LogP contribution in [-0.2, 0) is 4.74 Å². The zero-order valence-corrected chi connectivity index (χ0v) is 12.7. The Hall–Kier alpha value is -1.10. The van der Waals surface area contributed by atoms with Gasteiger partial charge in [0.05, 0.1) is 18.8 Å². The van der Waals surface area contributed by atoms with Crippen LogP contribution in [0.2, 0.25) is 0 Å². The van der Waals surface area contributed by atoms with Gasteiger partial charge >= 0.3 is 0 Å². The summed E-state index contributed by atoms with van der Waals surface area (Å²) in [5.74, 6) is 0.900. The molecule has 2 rings (SSSR count). The Balaban J connectivity index is 2.02. The van der Waals surface area contributed by atoms with Crippen molar-refractivity contribution in [1.29, 1.82) is 0 Å². The monoisotopic (exact) mass is 278 g/mol. The number of hydrogen-bond donors (Lipinski definition) is 1. The van der Waals surface area contributed by atoms with Crippen LogP contribution in [0.15, 0.2) is 24.3 Å². The van der Waals surface area contributed by atoms with Crippen molar-refractivity contribution in [1.82, 2.24) is 4.90 Å². The SMILES string of the molecule is CCOc1ccccc1C(N)CN1CC(C)OC(C)C1. The van der Waals surface area contributed by atoms with Gasteiger partial charge in [-0.15, -0.1) is 0 Å². The van der Waals surface area contributed by atoms with Gasteiger partial charge in [0.2, 0.25) is 0 Å². The number of morpholine rings is 1. The Bertz CT molecular complexity index is 415. The van der Waals surface area contributed by atoms with Gasteiger partial charge in [0.1, 0.15) is 5.75 Å². The molecule has 0 amide bonds. The molecule has 3 unspecified atom stereocenters. The molecule has 4 nitrogen and oxygen atoms in total. The van der Waals surface area contributed by atoms with Gasteiger partial charge in [-0.25, -0.2) is 0 Å². The van der Waals surface area contributed by atoms with Crippen molar-refractivity contribution in [3.05, 3.63) is 29.8 Å². The fourth-order valence-electron chi connectivity index (χ4n) is 2.88. The maximum absolute atomic E-state index is 6.39. The van der Waals surface area contributed by atoms with E-state index in [1.54, 1.807) is 0 Å². The molecule has 1 aliphatic heterocycles. The second kappa shape index (κ2) is 7.07. The maximum Gasteiger partial charge on any atom is 0.124 e. The molecule has 1 fully saturated rings. The Morgan fingerprint density at radius 1 is 1.30 bits per heavy atom. The number of rotatable bonds is 5. The van der Waals surface area contributed by atoms with Crippen LogP contribution in [0.1, 0.15) is 32.4 Å². The zero-order chi connectivity index (χ0) is 14.5. The van der Waals surface area contributed by atoms with Crippen molar-refractivity contribution < 1.29 is 9.47 Å². The van der Waals surface area contributed by atoms with E-state index in [9.17, 15) is 0 Å². The molecular weight excluding hydrogens is 252 g/mol. The van der Waals surface area contributed by atoms with Gasteiger partial charge in [-0.05, 0) is 26.8 Å². The highest BCUT2D eigenvalue weighted by atomic mass is 16.5. The zero-order valence-electron chi connectivity index (χ0n) is 12.7. The number of hydrogen-bond acceptors (Lipinski definition) is 4. The summed E-state index contributed by atoms with van der Waals surface area (Å²) in [6.45, 7) is 9.60. The molecule has 0 aromatic heterocycles. The third-order valence-electron chi connectivity index (χ3n) is 3.57. The number of nitrogens with zero attached hydrogens (tertiary/aromatic N) is 1. The molecule has 1 aromatic rings. The summed E-state index contributed by atoms with van der Waals surface area (Å²) < 4.78 is 11.4. The maximum atomic E-state index is 6.39. The van der Waals surface area contributed by atoms with Crippen molar-refractivity contribution in [2.75, 3.05) is 26.2 Å². The topological polar surface area (TPSA) is 47.7 Å². The average Bonchev–Trinajstić information content (AvgIpc) is 2.38. The van der Waals surface area contributed by atoms with Crippen LogP contribution < -0.4 is 10.5 Å². The van der Waals surface area contributed by atoms with E-state index in [-0.39, 0.29) is 18.2 Å². The van der Waals surface area contributed by atoms with E-state index in [4.69, 9.17) is 15.2 Å². The van der Waals surface area contributed by atoms with E-state index >= 15 is 0 Å². The highest BCUT2D eigenvalue weighted by Crippen LogP contribution is 2.25. The summed E-state index contributed by atoms with van der Waals surface area (Å²) >= 11 is 0. The molecule has 1 aliphatic rings. The first-order valence-corrected chi connectivity index (χ1v) is 7.45. The Labute approximate surface area is 121 Å². The first kappa shape index (κ1) is 15.3. The van der Waals surface area contributed by atoms with Gasteiger partial charge in [0.15, 0.2) is 0 Å². The van der Waals surface area contributed by atoms with Crippen molar-refractivity contribution >= 4 is 0 Å². The normalized spacial score (nSPS) is 25.4. The van der Waals surface area contributed by atoms with Crippen LogP contribution in [0.5, 0.6) is 5.75 Å². The largest absolute Gasteiger partial charge is 0.494 e. The molecule has 1 aromatic carbocycles. The highest BCUT2D eigenvalue weighted by molar-refractivity contribution is 5.36. The molecule has 112 valence electrons. The molecule has 0 aliphatic carbocycles. The van der Waals surface area contributed by atoms with Gasteiger partial charge in [0, 0.05) is 31.2 Å². The fourth-order valence-corrected chi connectivity index (χ4v) is 2.88. The van der Waals surface area contributed by atoms with E-state index in [0.29, 0.717) is 6.61 Å². The predicted molar refractivity (Wildman–Crippen MR) is 81.0 cm³/mol. The van der Waals surface area contributed by atoms with Crippen molar-refractivity contribution in [3.8, 4) is 5.75 Å². The number of ether oxygens (including phenoxy) is 2. The Morgan fingerprint density at radius 2 is 1.95 bits per heavy atom. The van der Waals surface area contributed by atoms with Crippen LogP contribution >= 0.6 is 0 Å². The third kappa shape index (κ3) is 3.95. The lowest BCUT2D eigenvalue weighted by molar-refractivity contribution is -0.0692. The molecule has 2 N–H and O–H groups in total. The summed E-state index contributed by atoms with van der Waals surface area (Å²) in [5, 5.41) is 0. The molecule has 1 saturated heterocycles. The number of para-hydroxylation sites is 1. The highest BCUT2D eigenvalue weighted by Gasteiger charge is 2.24. The summed E-state index contributed by atoms with van der Waals surface area (Å²) in [6.07, 6.45) is 0.543. The quantitative estimate of drug-likeness (QED) is 0.897. The minimum atomic E-state index is -0.0322. The molecule has 0 radical (unpaired) electrons. The Kier molecular flexibility index (Phi) is 5.40. The predicted octanol–water partition coefficient (Wildman–Crippen LogP) is 2.19. The summed E-state index contributed by atoms with van der Waals surface area (Å²) in [6, 6.07) is 8.02. The van der Waals surface area contributed by atoms with Gasteiger partial charge in [-0.1, -0.05) is 18.2 Å². The van der Waals surface area contributed by atoms with E-state index in [2.05, 4.69) is 24.8 Å². The summed E-state index contributed by atoms with van der Waals surface area (Å²) in [7, 11) is 0. The molecule has 4 heteroatoms. The van der Waals surface area contributed by atoms with E-state index in [1.807, 2.05) is 25.1 Å². The average molecular weight is 278 g/mol. The molecule has 0 saturated carbocycles. The smallest absolute Gasteiger partial charge is 0.124 e. The molecule has 1 heterocycles. The minimum Gasteiger partial charge on any atom is -0.494 e. The third-order valence-corrected chi connectivity index (χ3v) is 3.57. The second-order valence-corrected chi connectivity index (χ2v) is 5.55.